The molecular weight excluding hydrogens is 1060 g/mol. The summed E-state index contributed by atoms with van der Waals surface area (Å²) in [7, 11) is 0. The molecule has 0 spiro atoms. The number of nitrogens with one attached hydrogen (secondary N) is 1. The Morgan fingerprint density at radius 3 is 1.17 bits per heavy atom. The molecule has 2 rings (SSSR count). The lowest BCUT2D eigenvalue weighted by molar-refractivity contribution is -0.359. The highest BCUT2D eigenvalue weighted by atomic mass is 16.7. The summed E-state index contributed by atoms with van der Waals surface area (Å²) in [6.07, 6.45) is 53.9. The maximum Gasteiger partial charge on any atom is 0.220 e. The van der Waals surface area contributed by atoms with Crippen molar-refractivity contribution < 1.29 is 64.6 Å². The van der Waals surface area contributed by atoms with Crippen LogP contribution in [-0.4, -0.2) is 140 Å². The van der Waals surface area contributed by atoms with Crippen LogP contribution < -0.4 is 5.32 Å². The first-order chi connectivity index (χ1) is 41.1. The summed E-state index contributed by atoms with van der Waals surface area (Å²) in [6.45, 7) is 2.77. The van der Waals surface area contributed by atoms with E-state index in [2.05, 4.69) is 43.5 Å². The zero-order chi connectivity index (χ0) is 60.9. The van der Waals surface area contributed by atoms with E-state index in [1.54, 1.807) is 6.08 Å². The molecule has 12 atom stereocenters. The second-order valence-electron chi connectivity index (χ2n) is 25.0. The van der Waals surface area contributed by atoms with Crippen molar-refractivity contribution in [1.29, 1.82) is 0 Å². The largest absolute Gasteiger partial charge is 0.394 e. The molecule has 0 aromatic carbocycles. The number of amides is 1. The van der Waals surface area contributed by atoms with Gasteiger partial charge in [0.25, 0.3) is 0 Å². The first-order valence-electron chi connectivity index (χ1n) is 35.2. The van der Waals surface area contributed by atoms with Gasteiger partial charge in [-0.25, -0.2) is 0 Å². The molecule has 2 aliphatic rings. The lowest BCUT2D eigenvalue weighted by atomic mass is 9.97. The van der Waals surface area contributed by atoms with E-state index in [-0.39, 0.29) is 18.9 Å². The lowest BCUT2D eigenvalue weighted by Crippen LogP contribution is -2.65. The van der Waals surface area contributed by atoms with Gasteiger partial charge in [0.1, 0.15) is 48.8 Å². The Bertz CT molecular complexity index is 1550. The molecule has 0 aromatic heterocycles. The van der Waals surface area contributed by atoms with Crippen LogP contribution in [0.2, 0.25) is 0 Å². The number of carbonyl (C=O) groups excluding carboxylic acids is 1. The van der Waals surface area contributed by atoms with Gasteiger partial charge >= 0.3 is 0 Å². The molecule has 2 heterocycles. The molecule has 14 heteroatoms. The molecular formula is C70H131NO13. The molecule has 84 heavy (non-hydrogen) atoms. The first-order valence-corrected chi connectivity index (χ1v) is 35.2. The van der Waals surface area contributed by atoms with E-state index in [1.165, 1.54) is 231 Å². The van der Waals surface area contributed by atoms with E-state index in [9.17, 15) is 45.6 Å². The topological polar surface area (TPSA) is 228 Å². The predicted molar refractivity (Wildman–Crippen MR) is 341 cm³/mol. The minimum Gasteiger partial charge on any atom is -0.394 e. The highest BCUT2D eigenvalue weighted by Gasteiger charge is 2.51. The summed E-state index contributed by atoms with van der Waals surface area (Å²) < 4.78 is 22.8. The van der Waals surface area contributed by atoms with Gasteiger partial charge < -0.3 is 65.1 Å². The van der Waals surface area contributed by atoms with Gasteiger partial charge in [-0.15, -0.1) is 0 Å². The van der Waals surface area contributed by atoms with Crippen molar-refractivity contribution >= 4 is 5.91 Å². The fraction of sp³-hybridized carbons (Fsp3) is 0.900. The van der Waals surface area contributed by atoms with E-state index in [4.69, 9.17) is 18.9 Å². The van der Waals surface area contributed by atoms with Gasteiger partial charge in [0, 0.05) is 6.42 Å². The summed E-state index contributed by atoms with van der Waals surface area (Å²) in [5.41, 5.74) is 0. The number of carbonyl (C=O) groups is 1. The maximum atomic E-state index is 13.3. The quantitative estimate of drug-likeness (QED) is 0.0204. The molecule has 0 saturated carbocycles. The summed E-state index contributed by atoms with van der Waals surface area (Å²) in [4.78, 5) is 13.3. The van der Waals surface area contributed by atoms with Crippen LogP contribution in [0.5, 0.6) is 0 Å². The van der Waals surface area contributed by atoms with Crippen molar-refractivity contribution in [3.05, 3.63) is 36.5 Å². The molecule has 12 unspecified atom stereocenters. The number of allylic oxidation sites excluding steroid dienone is 5. The van der Waals surface area contributed by atoms with Crippen LogP contribution in [-0.2, 0) is 23.7 Å². The molecule has 0 bridgehead atoms. The normalized spacial score (nSPS) is 23.8. The standard InChI is InChI=1S/C70H131NO13/c1-3-5-7-9-11-13-15-17-18-19-20-21-22-23-24-25-26-27-28-29-30-31-32-33-34-35-36-37-38-39-40-42-44-46-48-50-52-54-62(75)71-58(59(74)53-51-49-47-45-43-41-16-14-12-10-8-6-4-2)57-81-69-67(80)65(78)68(61(56-73)83-69)84-70-66(79)64(77)63(76)60(55-72)82-70/h12,14,43,45,51,53,58-61,63-70,72-74,76-80H,3-11,13,15-42,44,46-50,52,54-57H2,1-2H3,(H,71,75)/b14-12+,45-43+,53-51+. The zero-order valence-electron chi connectivity index (χ0n) is 53.7. The van der Waals surface area contributed by atoms with Crippen LogP contribution in [0, 0.1) is 0 Å². The van der Waals surface area contributed by atoms with Gasteiger partial charge in [0.15, 0.2) is 12.6 Å². The van der Waals surface area contributed by atoms with Gasteiger partial charge in [0.05, 0.1) is 32.0 Å². The minimum absolute atomic E-state index is 0.249. The molecule has 14 nitrogen and oxygen atoms in total. The fourth-order valence-corrected chi connectivity index (χ4v) is 11.7. The minimum atomic E-state index is -1.79. The van der Waals surface area contributed by atoms with E-state index < -0.39 is 86.8 Å². The van der Waals surface area contributed by atoms with E-state index >= 15 is 0 Å². The first kappa shape index (κ1) is 78.3. The molecule has 0 aromatic rings. The number of ether oxygens (including phenoxy) is 4. The van der Waals surface area contributed by atoms with E-state index in [0.717, 1.165) is 44.9 Å². The third kappa shape index (κ3) is 39.3. The summed E-state index contributed by atoms with van der Waals surface area (Å²) in [6, 6.07) is -0.935. The molecule has 2 fully saturated rings. The monoisotopic (exact) mass is 1190 g/mol. The second-order valence-corrected chi connectivity index (χ2v) is 25.0. The SMILES string of the molecule is CCCCC/C=C/CC/C=C/CC/C=C/C(O)C(COC1OC(CO)C(OC2OC(CO)C(O)C(O)C2O)C(O)C1O)NC(=O)CCCCCCCCCCCCCCCCCCCCCCCCCCCCCCCCCCCCCCC. The average molecular weight is 1190 g/mol. The third-order valence-corrected chi connectivity index (χ3v) is 17.3. The van der Waals surface area contributed by atoms with E-state index in [1.807, 2.05) is 6.08 Å². The third-order valence-electron chi connectivity index (χ3n) is 17.3. The van der Waals surface area contributed by atoms with Crippen molar-refractivity contribution in [2.24, 2.45) is 0 Å². The maximum absolute atomic E-state index is 13.3. The Labute approximate surface area is 512 Å². The van der Waals surface area contributed by atoms with Crippen LogP contribution in [0.25, 0.3) is 0 Å². The number of aliphatic hydroxyl groups excluding tert-OH is 8. The number of hydrogen-bond donors (Lipinski definition) is 9. The van der Waals surface area contributed by atoms with Gasteiger partial charge in [-0.2, -0.15) is 0 Å². The highest BCUT2D eigenvalue weighted by molar-refractivity contribution is 5.76. The van der Waals surface area contributed by atoms with Crippen LogP contribution in [0.15, 0.2) is 36.5 Å². The summed E-state index contributed by atoms with van der Waals surface area (Å²) in [5, 5.41) is 87.1. The molecule has 0 aliphatic carbocycles. The zero-order valence-corrected chi connectivity index (χ0v) is 53.7. The second kappa shape index (κ2) is 55.3. The van der Waals surface area contributed by atoms with Gasteiger partial charge in [-0.05, 0) is 44.9 Å². The predicted octanol–water partition coefficient (Wildman–Crippen LogP) is 14.1. The number of rotatable bonds is 58. The molecule has 1 amide bonds. The molecule has 2 aliphatic heterocycles. The Morgan fingerprint density at radius 1 is 0.417 bits per heavy atom. The molecule has 9 N–H and O–H groups in total. The van der Waals surface area contributed by atoms with Crippen molar-refractivity contribution in [2.45, 2.75) is 383 Å². The fourth-order valence-electron chi connectivity index (χ4n) is 11.7. The highest BCUT2D eigenvalue weighted by Crippen LogP contribution is 2.30. The summed E-state index contributed by atoms with van der Waals surface area (Å²) >= 11 is 0. The Balaban J connectivity index is 1.56. The van der Waals surface area contributed by atoms with Crippen molar-refractivity contribution in [3.63, 3.8) is 0 Å². The van der Waals surface area contributed by atoms with Crippen LogP contribution in [0.1, 0.15) is 309 Å². The Kier molecular flexibility index (Phi) is 51.5. The number of aliphatic hydroxyl groups is 8. The van der Waals surface area contributed by atoms with E-state index in [0.29, 0.717) is 12.8 Å². The smallest absolute Gasteiger partial charge is 0.220 e. The summed E-state index contributed by atoms with van der Waals surface area (Å²) in [5.74, 6) is -0.249. The molecule has 0 radical (unpaired) electrons. The average Bonchev–Trinajstić information content (AvgIpc) is 3.52. The van der Waals surface area contributed by atoms with Gasteiger partial charge in [0.2, 0.25) is 5.91 Å². The van der Waals surface area contributed by atoms with Crippen LogP contribution in [0.3, 0.4) is 0 Å². The van der Waals surface area contributed by atoms with Crippen LogP contribution >= 0.6 is 0 Å². The van der Waals surface area contributed by atoms with Crippen molar-refractivity contribution in [1.82, 2.24) is 5.32 Å². The molecule has 2 saturated heterocycles. The Morgan fingerprint density at radius 2 is 0.762 bits per heavy atom. The lowest BCUT2D eigenvalue weighted by Gasteiger charge is -2.46. The number of unbranched alkanes of at least 4 members (excludes halogenated alkanes) is 41. The van der Waals surface area contributed by atoms with Gasteiger partial charge in [-0.3, -0.25) is 4.79 Å². The van der Waals surface area contributed by atoms with Gasteiger partial charge in [-0.1, -0.05) is 294 Å². The molecule has 494 valence electrons. The van der Waals surface area contributed by atoms with Crippen molar-refractivity contribution in [3.8, 4) is 0 Å². The number of hydrogen-bond acceptors (Lipinski definition) is 13. The van der Waals surface area contributed by atoms with Crippen LogP contribution in [0.4, 0.5) is 0 Å². The van der Waals surface area contributed by atoms with Crippen molar-refractivity contribution in [2.75, 3.05) is 19.8 Å². The Hall–Kier alpha value is -1.79.